The number of allylic oxidation sites excluding steroid dienone is 10. The van der Waals surface area contributed by atoms with Crippen molar-refractivity contribution in [2.24, 2.45) is 0 Å². The second-order valence-electron chi connectivity index (χ2n) is 14.7. The van der Waals surface area contributed by atoms with Crippen molar-refractivity contribution in [2.75, 3.05) is 23.0 Å². The van der Waals surface area contributed by atoms with Gasteiger partial charge in [0.1, 0.15) is 12.1 Å². The van der Waals surface area contributed by atoms with Gasteiger partial charge in [0.25, 0.3) is 0 Å². The summed E-state index contributed by atoms with van der Waals surface area (Å²) < 4.78 is 0. The quantitative estimate of drug-likeness (QED) is 0.0441. The minimum absolute atomic E-state index is 0. The number of nitrogens with one attached hydrogen (secondary N) is 2. The van der Waals surface area contributed by atoms with Gasteiger partial charge in [0.2, 0.25) is 11.8 Å². The topological polar surface area (TPSA) is 213 Å². The zero-order valence-corrected chi connectivity index (χ0v) is 43.5. The van der Waals surface area contributed by atoms with Crippen LogP contribution in [0.4, 0.5) is 0 Å². The molecule has 0 fully saturated rings. The van der Waals surface area contributed by atoms with E-state index in [4.69, 9.17) is 0 Å². The molecule has 0 bridgehead atoms. The van der Waals surface area contributed by atoms with E-state index in [1.54, 1.807) is 0 Å². The summed E-state index contributed by atoms with van der Waals surface area (Å²) in [6.07, 6.45) is 20.0. The van der Waals surface area contributed by atoms with Crippen LogP contribution >= 0.6 is 23.5 Å². The number of amides is 2. The van der Waals surface area contributed by atoms with E-state index in [9.17, 15) is 49.2 Å². The molecule has 0 spiro atoms. The summed E-state index contributed by atoms with van der Waals surface area (Å²) in [4.78, 5) is 66.3. The maximum Gasteiger partial charge on any atom is 1.00 e. The number of carboxylic acids is 4. The van der Waals surface area contributed by atoms with Crippen LogP contribution in [0, 0.1) is 0 Å². The van der Waals surface area contributed by atoms with Crippen LogP contribution < -0.4 is 80.0 Å². The zero-order valence-electron chi connectivity index (χ0n) is 37.9. The molecule has 0 aromatic heterocycles. The molecule has 2 atom stereocenters. The van der Waals surface area contributed by atoms with Crippen molar-refractivity contribution in [1.82, 2.24) is 10.6 Å². The molecule has 2 amide bonds. The van der Waals surface area contributed by atoms with Gasteiger partial charge in [0, 0.05) is 47.8 Å². The normalized spacial score (nSPS) is 12.5. The van der Waals surface area contributed by atoms with E-state index >= 15 is 0 Å². The molecule has 328 valence electrons. The van der Waals surface area contributed by atoms with E-state index in [1.165, 1.54) is 57.0 Å². The van der Waals surface area contributed by atoms with Gasteiger partial charge in [-0.3, -0.25) is 9.59 Å². The largest absolute Gasteiger partial charge is 1.00 e. The molecule has 0 radical (unpaired) electrons. The number of hydrogen-bond donors (Lipinski definition) is 4. The van der Waals surface area contributed by atoms with Gasteiger partial charge in [-0.15, -0.1) is 0 Å². The number of rotatable bonds is 30. The number of aliphatic carboxylic acids is 4. The van der Waals surface area contributed by atoms with Gasteiger partial charge in [-0.05, 0) is 120 Å². The predicted molar refractivity (Wildman–Crippen MR) is 233 cm³/mol. The van der Waals surface area contributed by atoms with E-state index in [0.29, 0.717) is 11.5 Å². The summed E-state index contributed by atoms with van der Waals surface area (Å²) >= 11 is 2.83. The molecule has 0 aliphatic heterocycles. The maximum absolute atomic E-state index is 11.6. The Labute approximate surface area is 412 Å². The number of thioether (sulfide) groups is 2. The van der Waals surface area contributed by atoms with Gasteiger partial charge >= 0.3 is 71.1 Å². The average Bonchev–Trinajstić information content (AvgIpc) is 3.12. The van der Waals surface area contributed by atoms with Crippen LogP contribution in [-0.4, -0.2) is 81.0 Å². The van der Waals surface area contributed by atoms with Crippen LogP contribution in [0.2, 0.25) is 0 Å². The van der Waals surface area contributed by atoms with Crippen molar-refractivity contribution >= 4 is 59.2 Å². The minimum Gasteiger partial charge on any atom is -0.550 e. The van der Waals surface area contributed by atoms with Gasteiger partial charge in [-0.2, -0.15) is 23.5 Å². The standard InChI is InChI=1S/2C22H35NO5S.2Na/c2*1-16(2)7-5-8-17(3)9-6-10-18(4)13-14-29-15-19(22(27)28)23-20(24)11-12-21(25)26;;/h2*7,9,13,19H,5-6,8,10-12,14-15H2,1-4H3,(H,23,24)(H,25,26)(H,27,28);;/q;;2*+1/p-2/b2*17-9+,18-13+;;. The number of hydrogen-bond acceptors (Lipinski definition) is 10. The molecule has 0 aromatic rings. The molecular formula is C44H68N2Na2O10S2. The fourth-order valence-corrected chi connectivity index (χ4v) is 6.77. The Hall–Kier alpha value is -2.04. The van der Waals surface area contributed by atoms with Crippen molar-refractivity contribution in [3.05, 3.63) is 69.9 Å². The molecule has 12 nitrogen and oxygen atoms in total. The Morgan fingerprint density at radius 3 is 1.02 bits per heavy atom. The van der Waals surface area contributed by atoms with Crippen LogP contribution in [0.1, 0.15) is 132 Å². The average molecular weight is 895 g/mol. The molecule has 60 heavy (non-hydrogen) atoms. The fourth-order valence-electron chi connectivity index (χ4n) is 4.77. The molecule has 16 heteroatoms. The van der Waals surface area contributed by atoms with Gasteiger partial charge in [0.05, 0.1) is 0 Å². The van der Waals surface area contributed by atoms with Crippen LogP contribution in [0.3, 0.4) is 0 Å². The summed E-state index contributed by atoms with van der Waals surface area (Å²) in [6.45, 7) is 16.8. The van der Waals surface area contributed by atoms with Crippen molar-refractivity contribution in [3.8, 4) is 0 Å². The first-order valence-corrected chi connectivity index (χ1v) is 22.0. The van der Waals surface area contributed by atoms with Gasteiger partial charge in [-0.25, -0.2) is 9.59 Å². The first-order chi connectivity index (χ1) is 27.2. The molecule has 0 aliphatic rings. The SMILES string of the molecule is CC(C)=CCC/C(C)=C/CC/C(C)=C/CSCC(NC(=O)CCC(=O)[O-])C(=O)O.CC(C)=CCC/C(C)=C/CC/C(C)=C/CSCC(NC(=O)CCC(=O)[O-])C(=O)O.[Na+].[Na+]. The molecule has 0 aromatic carbocycles. The number of carboxylic acid groups (broad SMARTS) is 4. The molecular weight excluding hydrogens is 827 g/mol. The third-order valence-corrected chi connectivity index (χ3v) is 10.2. The van der Waals surface area contributed by atoms with Gasteiger partial charge < -0.3 is 40.6 Å². The third kappa shape index (κ3) is 44.0. The summed E-state index contributed by atoms with van der Waals surface area (Å²) in [5.74, 6) is -4.36. The molecule has 0 rings (SSSR count). The molecule has 4 N–H and O–H groups in total. The molecule has 0 aliphatic carbocycles. The monoisotopic (exact) mass is 894 g/mol. The second kappa shape index (κ2) is 41.0. The van der Waals surface area contributed by atoms with Crippen LogP contribution in [-0.2, 0) is 28.8 Å². The van der Waals surface area contributed by atoms with E-state index in [0.717, 1.165) is 51.4 Å². The molecule has 0 heterocycles. The number of carbonyl (C=O) groups is 6. The Morgan fingerprint density at radius 2 is 0.750 bits per heavy atom. The first-order valence-electron chi connectivity index (χ1n) is 19.7. The molecule has 0 saturated heterocycles. The van der Waals surface area contributed by atoms with Gasteiger partial charge in [0.15, 0.2) is 0 Å². The summed E-state index contributed by atoms with van der Waals surface area (Å²) in [7, 11) is 0. The Morgan fingerprint density at radius 1 is 0.467 bits per heavy atom. The van der Waals surface area contributed by atoms with Crippen molar-refractivity contribution in [3.63, 3.8) is 0 Å². The van der Waals surface area contributed by atoms with E-state index in [2.05, 4.69) is 102 Å². The van der Waals surface area contributed by atoms with Crippen molar-refractivity contribution in [1.29, 1.82) is 0 Å². The third-order valence-electron chi connectivity index (χ3n) is 8.29. The smallest absolute Gasteiger partial charge is 0.550 e. The summed E-state index contributed by atoms with van der Waals surface area (Å²) in [6, 6.07) is -2.07. The summed E-state index contributed by atoms with van der Waals surface area (Å²) in [5.41, 5.74) is 7.96. The zero-order chi connectivity index (χ0) is 44.5. The predicted octanol–water partition coefficient (Wildman–Crippen LogP) is 0.485. The Kier molecular flexibility index (Phi) is 44.1. The Bertz CT molecular complexity index is 1390. The second-order valence-corrected chi connectivity index (χ2v) is 16.8. The van der Waals surface area contributed by atoms with E-state index in [1.807, 2.05) is 0 Å². The maximum atomic E-state index is 11.6. The van der Waals surface area contributed by atoms with Crippen molar-refractivity contribution < 1.29 is 108 Å². The van der Waals surface area contributed by atoms with Crippen LogP contribution in [0.25, 0.3) is 0 Å². The van der Waals surface area contributed by atoms with Crippen LogP contribution in [0.15, 0.2) is 69.9 Å². The van der Waals surface area contributed by atoms with E-state index in [-0.39, 0.29) is 83.5 Å². The van der Waals surface area contributed by atoms with Gasteiger partial charge in [-0.1, -0.05) is 69.9 Å². The Balaban J connectivity index is -0.000000506. The first kappa shape index (κ1) is 64.6. The minimum atomic E-state index is -1.33. The van der Waals surface area contributed by atoms with E-state index < -0.39 is 60.6 Å². The van der Waals surface area contributed by atoms with Crippen LogP contribution in [0.5, 0.6) is 0 Å². The van der Waals surface area contributed by atoms with Crippen molar-refractivity contribution in [2.45, 2.75) is 145 Å². The molecule has 0 saturated carbocycles. The fraction of sp³-hybridized carbons (Fsp3) is 0.591. The summed E-state index contributed by atoms with van der Waals surface area (Å²) in [5, 5.41) is 43.8. The number of carbonyl (C=O) groups excluding carboxylic acids is 4. The molecule has 2 unspecified atom stereocenters.